The number of ether oxygens (including phenoxy) is 1. The second kappa shape index (κ2) is 5.97. The number of benzene rings is 1. The number of aromatic nitrogens is 1. The van der Waals surface area contributed by atoms with Crippen LogP contribution in [0.15, 0.2) is 6.07 Å². The van der Waals surface area contributed by atoms with Gasteiger partial charge in [-0.2, -0.15) is 0 Å². The number of halogens is 1. The van der Waals surface area contributed by atoms with Crippen LogP contribution in [0.5, 0.6) is 5.75 Å². The second-order valence-electron chi connectivity index (χ2n) is 4.76. The SMILES string of the molecule is CCCNc1nc2c(OC)c(C(C)C)cc(Cl)c2s1. The van der Waals surface area contributed by atoms with E-state index in [1.807, 2.05) is 6.07 Å². The maximum atomic E-state index is 6.37. The average Bonchev–Trinajstić information content (AvgIpc) is 2.80. The summed E-state index contributed by atoms with van der Waals surface area (Å²) >= 11 is 7.95. The molecule has 0 saturated heterocycles. The number of hydrogen-bond acceptors (Lipinski definition) is 4. The first-order valence-electron chi connectivity index (χ1n) is 6.49. The van der Waals surface area contributed by atoms with Crippen molar-refractivity contribution in [1.82, 2.24) is 4.98 Å². The highest BCUT2D eigenvalue weighted by Crippen LogP contribution is 2.42. The predicted octanol–water partition coefficient (Wildman–Crippen LogP) is 4.90. The zero-order chi connectivity index (χ0) is 14.0. The van der Waals surface area contributed by atoms with Crippen LogP contribution >= 0.6 is 22.9 Å². The number of fused-ring (bicyclic) bond motifs is 1. The summed E-state index contributed by atoms with van der Waals surface area (Å²) in [7, 11) is 1.69. The summed E-state index contributed by atoms with van der Waals surface area (Å²) in [6, 6.07) is 2.00. The smallest absolute Gasteiger partial charge is 0.183 e. The van der Waals surface area contributed by atoms with Gasteiger partial charge in [-0.15, -0.1) is 0 Å². The molecule has 0 amide bonds. The highest BCUT2D eigenvalue weighted by atomic mass is 35.5. The second-order valence-corrected chi connectivity index (χ2v) is 6.17. The van der Waals surface area contributed by atoms with Crippen molar-refractivity contribution in [3.05, 3.63) is 16.7 Å². The van der Waals surface area contributed by atoms with Gasteiger partial charge in [-0.05, 0) is 18.4 Å². The Labute approximate surface area is 122 Å². The third kappa shape index (κ3) is 2.79. The maximum Gasteiger partial charge on any atom is 0.183 e. The van der Waals surface area contributed by atoms with Gasteiger partial charge in [0.1, 0.15) is 11.3 Å². The van der Waals surface area contributed by atoms with Crippen molar-refractivity contribution in [1.29, 1.82) is 0 Å². The van der Waals surface area contributed by atoms with Gasteiger partial charge in [0.2, 0.25) is 0 Å². The van der Waals surface area contributed by atoms with Gasteiger partial charge in [0, 0.05) is 12.1 Å². The van der Waals surface area contributed by atoms with Crippen molar-refractivity contribution < 1.29 is 4.74 Å². The molecule has 0 aliphatic rings. The molecule has 3 nitrogen and oxygen atoms in total. The van der Waals surface area contributed by atoms with E-state index in [0.717, 1.165) is 44.6 Å². The molecular weight excluding hydrogens is 280 g/mol. The van der Waals surface area contributed by atoms with Gasteiger partial charge in [-0.3, -0.25) is 0 Å². The van der Waals surface area contributed by atoms with Crippen LogP contribution in [0.1, 0.15) is 38.7 Å². The fourth-order valence-electron chi connectivity index (χ4n) is 1.99. The minimum absolute atomic E-state index is 0.352. The van der Waals surface area contributed by atoms with Gasteiger partial charge >= 0.3 is 0 Å². The zero-order valence-corrected chi connectivity index (χ0v) is 13.3. The number of nitrogens with zero attached hydrogens (tertiary/aromatic N) is 1. The van der Waals surface area contributed by atoms with Gasteiger partial charge in [0.15, 0.2) is 5.13 Å². The largest absolute Gasteiger partial charge is 0.494 e. The summed E-state index contributed by atoms with van der Waals surface area (Å²) < 4.78 is 6.54. The highest BCUT2D eigenvalue weighted by molar-refractivity contribution is 7.22. The molecule has 19 heavy (non-hydrogen) atoms. The zero-order valence-electron chi connectivity index (χ0n) is 11.7. The van der Waals surface area contributed by atoms with Crippen LogP contribution in [0.2, 0.25) is 5.02 Å². The van der Waals surface area contributed by atoms with Crippen LogP contribution in [0.3, 0.4) is 0 Å². The molecule has 1 N–H and O–H groups in total. The van der Waals surface area contributed by atoms with Crippen molar-refractivity contribution in [2.24, 2.45) is 0 Å². The van der Waals surface area contributed by atoms with Crippen LogP contribution in [0, 0.1) is 0 Å². The summed E-state index contributed by atoms with van der Waals surface area (Å²) in [5, 5.41) is 4.96. The van der Waals surface area contributed by atoms with Gasteiger partial charge in [-0.25, -0.2) is 4.98 Å². The minimum atomic E-state index is 0.352. The lowest BCUT2D eigenvalue weighted by molar-refractivity contribution is 0.412. The number of anilines is 1. The summed E-state index contributed by atoms with van der Waals surface area (Å²) in [4.78, 5) is 4.62. The number of nitrogens with one attached hydrogen (secondary N) is 1. The molecule has 1 heterocycles. The summed E-state index contributed by atoms with van der Waals surface area (Å²) in [5.74, 6) is 1.20. The highest BCUT2D eigenvalue weighted by Gasteiger charge is 2.18. The molecule has 0 spiro atoms. The molecule has 2 rings (SSSR count). The van der Waals surface area contributed by atoms with Crippen molar-refractivity contribution >= 4 is 38.3 Å². The Hall–Kier alpha value is -1.000. The van der Waals surface area contributed by atoms with Crippen molar-refractivity contribution in [3.8, 4) is 5.75 Å². The molecule has 0 aliphatic heterocycles. The lowest BCUT2D eigenvalue weighted by Crippen LogP contribution is -1.99. The lowest BCUT2D eigenvalue weighted by Gasteiger charge is -2.12. The standard InChI is InChI=1S/C14H19ClN2OS/c1-5-6-16-14-17-11-12(18-4)9(8(2)3)7-10(15)13(11)19-14/h7-8H,5-6H2,1-4H3,(H,16,17). The Kier molecular flexibility index (Phi) is 4.53. The quantitative estimate of drug-likeness (QED) is 0.852. The molecule has 0 bridgehead atoms. The normalized spacial score (nSPS) is 11.3. The van der Waals surface area contributed by atoms with E-state index in [0.29, 0.717) is 5.92 Å². The maximum absolute atomic E-state index is 6.37. The Morgan fingerprint density at radius 1 is 1.47 bits per heavy atom. The fourth-order valence-corrected chi connectivity index (χ4v) is 3.21. The molecule has 0 aliphatic carbocycles. The minimum Gasteiger partial charge on any atom is -0.494 e. The monoisotopic (exact) mass is 298 g/mol. The van der Waals surface area contributed by atoms with Crippen molar-refractivity contribution in [2.45, 2.75) is 33.1 Å². The molecule has 2 aromatic rings. The third-order valence-corrected chi connectivity index (χ3v) is 4.41. The van der Waals surface area contributed by atoms with Gasteiger partial charge in [0.05, 0.1) is 16.8 Å². The van der Waals surface area contributed by atoms with Crippen LogP contribution < -0.4 is 10.1 Å². The average molecular weight is 299 g/mol. The van der Waals surface area contributed by atoms with Crippen molar-refractivity contribution in [2.75, 3.05) is 19.0 Å². The molecular formula is C14H19ClN2OS. The molecule has 0 fully saturated rings. The molecule has 0 unspecified atom stereocenters. The van der Waals surface area contributed by atoms with Crippen LogP contribution in [0.25, 0.3) is 10.2 Å². The van der Waals surface area contributed by atoms with Gasteiger partial charge < -0.3 is 10.1 Å². The van der Waals surface area contributed by atoms with E-state index in [2.05, 4.69) is 31.1 Å². The molecule has 1 aromatic heterocycles. The number of rotatable bonds is 5. The van der Waals surface area contributed by atoms with Gasteiger partial charge in [-0.1, -0.05) is 43.7 Å². The Morgan fingerprint density at radius 2 is 2.21 bits per heavy atom. The first kappa shape index (κ1) is 14.4. The number of hydrogen-bond donors (Lipinski definition) is 1. The molecule has 0 radical (unpaired) electrons. The topological polar surface area (TPSA) is 34.2 Å². The molecule has 1 aromatic carbocycles. The molecule has 0 atom stereocenters. The van der Waals surface area contributed by atoms with E-state index in [4.69, 9.17) is 16.3 Å². The van der Waals surface area contributed by atoms with Crippen LogP contribution in [-0.2, 0) is 0 Å². The predicted molar refractivity (Wildman–Crippen MR) is 84.1 cm³/mol. The van der Waals surface area contributed by atoms with E-state index in [1.54, 1.807) is 18.4 Å². The fraction of sp³-hybridized carbons (Fsp3) is 0.500. The third-order valence-electron chi connectivity index (χ3n) is 2.96. The lowest BCUT2D eigenvalue weighted by atomic mass is 10.0. The first-order valence-corrected chi connectivity index (χ1v) is 7.68. The Morgan fingerprint density at radius 3 is 2.79 bits per heavy atom. The van der Waals surface area contributed by atoms with Crippen LogP contribution in [-0.4, -0.2) is 18.6 Å². The molecule has 5 heteroatoms. The Balaban J connectivity index is 2.58. The van der Waals surface area contributed by atoms with E-state index in [-0.39, 0.29) is 0 Å². The molecule has 0 saturated carbocycles. The summed E-state index contributed by atoms with van der Waals surface area (Å²) in [6.07, 6.45) is 1.07. The Bertz CT molecular complexity index is 580. The van der Waals surface area contributed by atoms with E-state index in [1.165, 1.54) is 0 Å². The van der Waals surface area contributed by atoms with E-state index in [9.17, 15) is 0 Å². The summed E-state index contributed by atoms with van der Waals surface area (Å²) in [6.45, 7) is 7.30. The van der Waals surface area contributed by atoms with Crippen LogP contribution in [0.4, 0.5) is 5.13 Å². The van der Waals surface area contributed by atoms with Gasteiger partial charge in [0.25, 0.3) is 0 Å². The van der Waals surface area contributed by atoms with Crippen molar-refractivity contribution in [3.63, 3.8) is 0 Å². The molecule has 104 valence electrons. The first-order chi connectivity index (χ1) is 9.08. The van der Waals surface area contributed by atoms with E-state index >= 15 is 0 Å². The number of thiazole rings is 1. The number of methoxy groups -OCH3 is 1. The summed E-state index contributed by atoms with van der Waals surface area (Å²) in [5.41, 5.74) is 1.97. The van der Waals surface area contributed by atoms with E-state index < -0.39 is 0 Å².